The van der Waals surface area contributed by atoms with Gasteiger partial charge in [-0.15, -0.1) is 0 Å². The Morgan fingerprint density at radius 3 is 3.10 bits per heavy atom. The van der Waals surface area contributed by atoms with Crippen LogP contribution in [-0.2, 0) is 0 Å². The Balaban J connectivity index is 1.73. The molecule has 0 radical (unpaired) electrons. The third-order valence-corrected chi connectivity index (χ3v) is 5.51. The van der Waals surface area contributed by atoms with Gasteiger partial charge >= 0.3 is 0 Å². The lowest BCUT2D eigenvalue weighted by atomic mass is 9.78. The molecule has 108 valence electrons. The molecule has 5 heteroatoms. The van der Waals surface area contributed by atoms with Gasteiger partial charge in [0, 0.05) is 11.4 Å². The van der Waals surface area contributed by atoms with Crippen LogP contribution in [0, 0.1) is 11.7 Å². The van der Waals surface area contributed by atoms with Crippen LogP contribution in [0.15, 0.2) is 23.2 Å². The van der Waals surface area contributed by atoms with E-state index in [0.717, 1.165) is 16.8 Å². The van der Waals surface area contributed by atoms with Gasteiger partial charge in [0.25, 0.3) is 0 Å². The average Bonchev–Trinajstić information content (AvgIpc) is 2.76. The summed E-state index contributed by atoms with van der Waals surface area (Å²) in [5.74, 6) is 1.39. The molecule has 20 heavy (non-hydrogen) atoms. The van der Waals surface area contributed by atoms with Crippen LogP contribution in [0.4, 0.5) is 10.1 Å². The second-order valence-corrected chi connectivity index (χ2v) is 7.26. The number of amidine groups is 1. The van der Waals surface area contributed by atoms with Crippen molar-refractivity contribution in [3.63, 3.8) is 0 Å². The molecule has 0 bridgehead atoms. The first-order valence-electron chi connectivity index (χ1n) is 7.01. The molecular formula is C15H18ClFN2S. The molecule has 1 aromatic rings. The minimum absolute atomic E-state index is 0.107. The Kier molecular flexibility index (Phi) is 3.95. The maximum absolute atomic E-state index is 13.4. The zero-order chi connectivity index (χ0) is 14.2. The van der Waals surface area contributed by atoms with Gasteiger partial charge < -0.3 is 5.32 Å². The van der Waals surface area contributed by atoms with E-state index in [0.29, 0.717) is 5.69 Å². The van der Waals surface area contributed by atoms with Crippen LogP contribution in [-0.4, -0.2) is 16.5 Å². The molecule has 2 nitrogen and oxygen atoms in total. The molecule has 1 aliphatic carbocycles. The minimum Gasteiger partial charge on any atom is -0.335 e. The van der Waals surface area contributed by atoms with E-state index in [2.05, 4.69) is 12.2 Å². The number of nitrogens with zero attached hydrogens (tertiary/aromatic N) is 1. The molecule has 1 fully saturated rings. The minimum atomic E-state index is -0.402. The van der Waals surface area contributed by atoms with Crippen LogP contribution in [0.3, 0.4) is 0 Å². The summed E-state index contributed by atoms with van der Waals surface area (Å²) >= 11 is 7.43. The average molecular weight is 313 g/mol. The highest BCUT2D eigenvalue weighted by Gasteiger charge is 2.39. The van der Waals surface area contributed by atoms with Crippen molar-refractivity contribution < 1.29 is 4.39 Å². The topological polar surface area (TPSA) is 24.4 Å². The Bertz CT molecular complexity index is 549. The van der Waals surface area contributed by atoms with Gasteiger partial charge in [-0.2, -0.15) is 0 Å². The highest BCUT2D eigenvalue weighted by atomic mass is 35.5. The van der Waals surface area contributed by atoms with Gasteiger partial charge in [0.2, 0.25) is 0 Å². The van der Waals surface area contributed by atoms with Crippen molar-refractivity contribution in [1.29, 1.82) is 0 Å². The first-order valence-corrected chi connectivity index (χ1v) is 8.37. The summed E-state index contributed by atoms with van der Waals surface area (Å²) in [6, 6.07) is 4.76. The first kappa shape index (κ1) is 14.2. The van der Waals surface area contributed by atoms with E-state index < -0.39 is 5.82 Å². The van der Waals surface area contributed by atoms with Crippen LogP contribution in [0.5, 0.6) is 0 Å². The van der Waals surface area contributed by atoms with Gasteiger partial charge in [0.05, 0.1) is 10.6 Å². The summed E-state index contributed by atoms with van der Waals surface area (Å²) < 4.78 is 13.4. The van der Waals surface area contributed by atoms with Crippen molar-refractivity contribution in [1.82, 2.24) is 0 Å². The van der Waals surface area contributed by atoms with Crippen molar-refractivity contribution >= 4 is 34.2 Å². The highest BCUT2D eigenvalue weighted by Crippen LogP contribution is 2.42. The van der Waals surface area contributed by atoms with E-state index >= 15 is 0 Å². The highest BCUT2D eigenvalue weighted by molar-refractivity contribution is 8.14. The van der Waals surface area contributed by atoms with Gasteiger partial charge in [-0.25, -0.2) is 4.39 Å². The second-order valence-electron chi connectivity index (χ2n) is 5.89. The van der Waals surface area contributed by atoms with E-state index in [-0.39, 0.29) is 10.6 Å². The van der Waals surface area contributed by atoms with Crippen LogP contribution in [0.1, 0.15) is 32.6 Å². The van der Waals surface area contributed by atoms with Gasteiger partial charge in [0.1, 0.15) is 5.82 Å². The van der Waals surface area contributed by atoms with Crippen LogP contribution in [0.25, 0.3) is 0 Å². The number of halogens is 2. The van der Waals surface area contributed by atoms with Crippen molar-refractivity contribution in [3.8, 4) is 0 Å². The van der Waals surface area contributed by atoms with Crippen LogP contribution in [0.2, 0.25) is 5.02 Å². The smallest absolute Gasteiger partial charge is 0.161 e. The molecular weight excluding hydrogens is 295 g/mol. The predicted octanol–water partition coefficient (Wildman–Crippen LogP) is 4.94. The number of anilines is 1. The number of nitrogens with one attached hydrogen (secondary N) is 1. The zero-order valence-corrected chi connectivity index (χ0v) is 13.0. The fourth-order valence-corrected chi connectivity index (χ4v) is 4.41. The van der Waals surface area contributed by atoms with Crippen LogP contribution < -0.4 is 5.32 Å². The number of hydrogen-bond donors (Lipinski definition) is 1. The van der Waals surface area contributed by atoms with Crippen molar-refractivity contribution in [2.24, 2.45) is 10.9 Å². The van der Waals surface area contributed by atoms with E-state index in [9.17, 15) is 4.39 Å². The Morgan fingerprint density at radius 2 is 2.35 bits per heavy atom. The Labute approximate surface area is 128 Å². The first-order chi connectivity index (χ1) is 9.56. The lowest BCUT2D eigenvalue weighted by Gasteiger charge is -2.33. The van der Waals surface area contributed by atoms with Crippen molar-refractivity contribution in [3.05, 3.63) is 29.0 Å². The normalized spacial score (nSPS) is 29.6. The van der Waals surface area contributed by atoms with E-state index in [1.807, 2.05) is 0 Å². The number of rotatable bonds is 1. The SMILES string of the molecule is CC1CCCC2(CSC(Nc3ccc(Cl)c(F)c3)=N2)C1. The third kappa shape index (κ3) is 2.96. The fourth-order valence-electron chi connectivity index (χ4n) is 3.11. The maximum atomic E-state index is 13.4. The third-order valence-electron chi connectivity index (χ3n) is 4.05. The standard InChI is InChI=1S/C15H18ClFN2S/c1-10-3-2-6-15(8-10)9-20-14(19-15)18-11-4-5-12(16)13(17)7-11/h4-5,7,10H,2-3,6,8-9H2,1H3,(H,18,19). The summed E-state index contributed by atoms with van der Waals surface area (Å²) in [5, 5.41) is 4.26. The quantitative estimate of drug-likeness (QED) is 0.794. The summed E-state index contributed by atoms with van der Waals surface area (Å²) in [7, 11) is 0. The molecule has 1 aliphatic heterocycles. The molecule has 1 N–H and O–H groups in total. The molecule has 2 unspecified atom stereocenters. The molecule has 2 aliphatic rings. The zero-order valence-electron chi connectivity index (χ0n) is 11.5. The second kappa shape index (κ2) is 5.57. The molecule has 0 aromatic heterocycles. The van der Waals surface area contributed by atoms with Crippen LogP contribution >= 0.6 is 23.4 Å². The van der Waals surface area contributed by atoms with E-state index in [4.69, 9.17) is 16.6 Å². The van der Waals surface area contributed by atoms with Gasteiger partial charge in [-0.05, 0) is 37.0 Å². The fraction of sp³-hybridized carbons (Fsp3) is 0.533. The van der Waals surface area contributed by atoms with Crippen molar-refractivity contribution in [2.75, 3.05) is 11.1 Å². The molecule has 1 aromatic carbocycles. The maximum Gasteiger partial charge on any atom is 0.161 e. The Morgan fingerprint density at radius 1 is 1.50 bits per heavy atom. The molecule has 2 atom stereocenters. The molecule has 1 spiro atoms. The monoisotopic (exact) mass is 312 g/mol. The molecule has 1 saturated carbocycles. The molecule has 1 heterocycles. The van der Waals surface area contributed by atoms with Crippen molar-refractivity contribution in [2.45, 2.75) is 38.1 Å². The number of hydrogen-bond acceptors (Lipinski definition) is 3. The van der Waals surface area contributed by atoms with E-state index in [1.165, 1.54) is 31.7 Å². The summed E-state index contributed by atoms with van der Waals surface area (Å²) in [5.41, 5.74) is 0.814. The van der Waals surface area contributed by atoms with Gasteiger partial charge in [-0.3, -0.25) is 4.99 Å². The largest absolute Gasteiger partial charge is 0.335 e. The molecule has 3 rings (SSSR count). The molecule has 0 amide bonds. The summed E-state index contributed by atoms with van der Waals surface area (Å²) in [6.45, 7) is 2.31. The number of benzene rings is 1. The summed E-state index contributed by atoms with van der Waals surface area (Å²) in [6.07, 6.45) is 4.91. The summed E-state index contributed by atoms with van der Waals surface area (Å²) in [4.78, 5) is 4.89. The lowest BCUT2D eigenvalue weighted by molar-refractivity contribution is 0.266. The lowest BCUT2D eigenvalue weighted by Crippen LogP contribution is -2.33. The number of aliphatic imine (C=N–C) groups is 1. The molecule has 0 saturated heterocycles. The van der Waals surface area contributed by atoms with E-state index in [1.54, 1.807) is 23.9 Å². The predicted molar refractivity (Wildman–Crippen MR) is 85.3 cm³/mol. The number of thioether (sulfide) groups is 1. The van der Waals surface area contributed by atoms with Gasteiger partial charge in [0.15, 0.2) is 5.17 Å². The van der Waals surface area contributed by atoms with Gasteiger partial charge in [-0.1, -0.05) is 43.1 Å². The Hall–Kier alpha value is -0.740.